The lowest BCUT2D eigenvalue weighted by molar-refractivity contribution is -0.332. The first-order valence-electron chi connectivity index (χ1n) is 18.1. The van der Waals surface area contributed by atoms with Gasteiger partial charge in [0, 0.05) is 12.8 Å². The van der Waals surface area contributed by atoms with Crippen molar-refractivity contribution in [2.24, 2.45) is 0 Å². The number of carbonyl (C=O) groups is 2. The van der Waals surface area contributed by atoms with E-state index in [1.165, 1.54) is 25.7 Å². The molecule has 0 aliphatic carbocycles. The number of hydrogen-bond donors (Lipinski definition) is 7. The average Bonchev–Trinajstić information content (AvgIpc) is 3.09. The Morgan fingerprint density at radius 2 is 1.04 bits per heavy atom. The number of esters is 2. The Hall–Kier alpha value is -1.50. The van der Waals surface area contributed by atoms with Gasteiger partial charge in [0.25, 0.3) is 0 Å². The van der Waals surface area contributed by atoms with Gasteiger partial charge in [-0.05, 0) is 12.8 Å². The number of aliphatic hydroxyl groups is 7. The minimum absolute atomic E-state index is 0.168. The summed E-state index contributed by atoms with van der Waals surface area (Å²) in [5, 5.41) is 71.2. The van der Waals surface area contributed by atoms with Crippen molar-refractivity contribution >= 4 is 11.9 Å². The molecule has 2 fully saturated rings. The van der Waals surface area contributed by atoms with Crippen LogP contribution < -0.4 is 0 Å². The Morgan fingerprint density at radius 1 is 0.571 bits per heavy atom. The van der Waals surface area contributed by atoms with Gasteiger partial charge in [-0.2, -0.15) is 0 Å². The van der Waals surface area contributed by atoms with Crippen LogP contribution in [0.25, 0.3) is 0 Å². The van der Waals surface area contributed by atoms with Crippen LogP contribution in [0, 0.1) is 0 Å². The van der Waals surface area contributed by atoms with Crippen LogP contribution in [0.4, 0.5) is 0 Å². The van der Waals surface area contributed by atoms with Crippen LogP contribution in [0.2, 0.25) is 0 Å². The first-order chi connectivity index (χ1) is 23.5. The van der Waals surface area contributed by atoms with Gasteiger partial charge in [0.2, 0.25) is 0 Å². The fraction of sp³-hybridized carbons (Fsp3) is 0.941. The number of hydrogen-bond acceptors (Lipinski definition) is 15. The van der Waals surface area contributed by atoms with Gasteiger partial charge >= 0.3 is 11.9 Å². The zero-order chi connectivity index (χ0) is 36.2. The van der Waals surface area contributed by atoms with E-state index in [2.05, 4.69) is 13.8 Å². The molecule has 0 aromatic rings. The summed E-state index contributed by atoms with van der Waals surface area (Å²) in [4.78, 5) is 25.1. The highest BCUT2D eigenvalue weighted by molar-refractivity contribution is 5.70. The molecule has 0 aromatic carbocycles. The molecule has 15 nitrogen and oxygen atoms in total. The van der Waals surface area contributed by atoms with Crippen LogP contribution in [0.5, 0.6) is 0 Å². The van der Waals surface area contributed by atoms with Crippen molar-refractivity contribution < 1.29 is 73.8 Å². The maximum absolute atomic E-state index is 12.7. The Labute approximate surface area is 289 Å². The maximum atomic E-state index is 12.7. The molecule has 2 heterocycles. The Morgan fingerprint density at radius 3 is 1.59 bits per heavy atom. The van der Waals surface area contributed by atoms with Crippen molar-refractivity contribution in [3.63, 3.8) is 0 Å². The van der Waals surface area contributed by atoms with Crippen molar-refractivity contribution in [1.29, 1.82) is 0 Å². The third-order valence-corrected chi connectivity index (χ3v) is 8.84. The monoisotopic (exact) mass is 710 g/mol. The van der Waals surface area contributed by atoms with E-state index in [9.17, 15) is 45.3 Å². The zero-order valence-corrected chi connectivity index (χ0v) is 29.2. The van der Waals surface area contributed by atoms with E-state index in [0.29, 0.717) is 12.8 Å². The molecule has 0 radical (unpaired) electrons. The van der Waals surface area contributed by atoms with Gasteiger partial charge in [0.15, 0.2) is 18.7 Å². The minimum Gasteiger partial charge on any atom is -0.462 e. The second-order valence-electron chi connectivity index (χ2n) is 13.1. The third-order valence-electron chi connectivity index (χ3n) is 8.84. The third kappa shape index (κ3) is 15.7. The number of aliphatic hydroxyl groups excluding tert-OH is 7. The normalized spacial score (nSPS) is 31.0. The fourth-order valence-electron chi connectivity index (χ4n) is 5.68. The first-order valence-corrected chi connectivity index (χ1v) is 18.1. The van der Waals surface area contributed by atoms with E-state index in [1.807, 2.05) is 0 Å². The lowest BCUT2D eigenvalue weighted by Gasteiger charge is -2.42. The molecule has 11 atom stereocenters. The number of rotatable bonds is 25. The molecular weight excluding hydrogens is 648 g/mol. The van der Waals surface area contributed by atoms with Gasteiger partial charge < -0.3 is 64.2 Å². The number of unbranched alkanes of at least 4 members (excludes halogenated alkanes) is 11. The highest BCUT2D eigenvalue weighted by Gasteiger charge is 2.47. The van der Waals surface area contributed by atoms with Crippen LogP contribution >= 0.6 is 0 Å². The van der Waals surface area contributed by atoms with E-state index in [-0.39, 0.29) is 26.1 Å². The second kappa shape index (κ2) is 24.6. The SMILES string of the molecule is CCCCCCCCCCC(=O)OC(COC(=O)CCCCCCC)COC1OC(COC2OC(CO)C(O)C(O)C2O)C(O)C(O)C1O. The zero-order valence-electron chi connectivity index (χ0n) is 29.2. The van der Waals surface area contributed by atoms with Crippen molar-refractivity contribution in [3.05, 3.63) is 0 Å². The van der Waals surface area contributed by atoms with Crippen molar-refractivity contribution in [2.45, 2.75) is 178 Å². The Kier molecular flexibility index (Phi) is 22.0. The standard InChI is InChI=1S/C34H62O15/c1-3-5-7-9-10-11-13-15-17-26(37)47-22(19-44-25(36)16-14-12-8-6-4-2)20-45-33-32(43)30(41)28(39)24(49-33)21-46-34-31(42)29(40)27(38)23(18-35)48-34/h22-24,27-35,38-43H,3-21H2,1-2H3. The summed E-state index contributed by atoms with van der Waals surface area (Å²) in [6.45, 7) is 2.39. The molecular formula is C34H62O15. The van der Waals surface area contributed by atoms with Crippen LogP contribution in [-0.2, 0) is 38.0 Å². The molecule has 0 aromatic heterocycles. The molecule has 0 spiro atoms. The molecule has 2 aliphatic heterocycles. The van der Waals surface area contributed by atoms with Crippen molar-refractivity contribution in [1.82, 2.24) is 0 Å². The molecule has 2 aliphatic rings. The van der Waals surface area contributed by atoms with Crippen molar-refractivity contribution in [2.75, 3.05) is 26.4 Å². The van der Waals surface area contributed by atoms with Gasteiger partial charge in [-0.3, -0.25) is 9.59 Å². The van der Waals surface area contributed by atoms with Crippen LogP contribution in [0.3, 0.4) is 0 Å². The quantitative estimate of drug-likeness (QED) is 0.0517. The predicted molar refractivity (Wildman–Crippen MR) is 174 cm³/mol. The summed E-state index contributed by atoms with van der Waals surface area (Å²) in [6, 6.07) is 0. The Balaban J connectivity index is 1.94. The molecule has 7 N–H and O–H groups in total. The molecule has 2 saturated heterocycles. The van der Waals surface area contributed by atoms with Gasteiger partial charge in [0.05, 0.1) is 19.8 Å². The summed E-state index contributed by atoms with van der Waals surface area (Å²) in [7, 11) is 0. The lowest BCUT2D eigenvalue weighted by atomic mass is 9.98. The lowest BCUT2D eigenvalue weighted by Crippen LogP contribution is -2.61. The number of ether oxygens (including phenoxy) is 6. The predicted octanol–water partition coefficient (Wildman–Crippen LogP) is 0.973. The molecule has 49 heavy (non-hydrogen) atoms. The molecule has 11 unspecified atom stereocenters. The second-order valence-corrected chi connectivity index (χ2v) is 13.1. The molecule has 288 valence electrons. The molecule has 0 saturated carbocycles. The first kappa shape index (κ1) is 43.7. The van der Waals surface area contributed by atoms with E-state index in [1.54, 1.807) is 0 Å². The van der Waals surface area contributed by atoms with Gasteiger partial charge in [-0.1, -0.05) is 84.5 Å². The van der Waals surface area contributed by atoms with Crippen LogP contribution in [-0.4, -0.2) is 142 Å². The van der Waals surface area contributed by atoms with E-state index < -0.39 is 92.7 Å². The van der Waals surface area contributed by atoms with Crippen LogP contribution in [0.15, 0.2) is 0 Å². The molecule has 0 bridgehead atoms. The maximum Gasteiger partial charge on any atom is 0.306 e. The summed E-state index contributed by atoms with van der Waals surface area (Å²) in [5.74, 6) is -0.944. The molecule has 0 amide bonds. The minimum atomic E-state index is -1.75. The van der Waals surface area contributed by atoms with E-state index >= 15 is 0 Å². The van der Waals surface area contributed by atoms with Crippen molar-refractivity contribution in [3.8, 4) is 0 Å². The van der Waals surface area contributed by atoms with Gasteiger partial charge in [-0.25, -0.2) is 0 Å². The highest BCUT2D eigenvalue weighted by Crippen LogP contribution is 2.26. The van der Waals surface area contributed by atoms with E-state index in [0.717, 1.165) is 44.9 Å². The van der Waals surface area contributed by atoms with Crippen LogP contribution in [0.1, 0.15) is 110 Å². The molecule has 2 rings (SSSR count). The number of carbonyl (C=O) groups excluding carboxylic acids is 2. The fourth-order valence-corrected chi connectivity index (χ4v) is 5.68. The summed E-state index contributed by atoms with van der Waals surface area (Å²) in [5.41, 5.74) is 0. The molecule has 15 heteroatoms. The van der Waals surface area contributed by atoms with Gasteiger partial charge in [-0.15, -0.1) is 0 Å². The largest absolute Gasteiger partial charge is 0.462 e. The summed E-state index contributed by atoms with van der Waals surface area (Å²) < 4.78 is 33.0. The van der Waals surface area contributed by atoms with Gasteiger partial charge in [0.1, 0.15) is 55.4 Å². The topological polar surface area (TPSA) is 231 Å². The van der Waals surface area contributed by atoms with E-state index in [4.69, 9.17) is 28.4 Å². The smallest absolute Gasteiger partial charge is 0.306 e. The Bertz CT molecular complexity index is 892. The average molecular weight is 711 g/mol. The highest BCUT2D eigenvalue weighted by atomic mass is 16.7. The summed E-state index contributed by atoms with van der Waals surface area (Å²) in [6.07, 6.45) is -3.24. The summed E-state index contributed by atoms with van der Waals surface area (Å²) >= 11 is 0.